The maximum Gasteiger partial charge on any atom is 0.295 e. The number of benzene rings is 3. The molecule has 0 spiro atoms. The molecule has 0 unspecified atom stereocenters. The first kappa shape index (κ1) is 25.4. The number of carbonyl (C=O) groups is 2. The van der Waals surface area contributed by atoms with E-state index in [4.69, 9.17) is 9.47 Å². The lowest BCUT2D eigenvalue weighted by atomic mass is 9.94. The molecule has 0 radical (unpaired) electrons. The predicted molar refractivity (Wildman–Crippen MR) is 132 cm³/mol. The van der Waals surface area contributed by atoms with E-state index >= 15 is 0 Å². The molecule has 37 heavy (non-hydrogen) atoms. The van der Waals surface area contributed by atoms with Gasteiger partial charge in [0.15, 0.2) is 11.5 Å². The molecular formula is C27H23FN2O7. The van der Waals surface area contributed by atoms with Crippen LogP contribution in [0.2, 0.25) is 0 Å². The van der Waals surface area contributed by atoms with E-state index in [1.54, 1.807) is 24.3 Å². The topological polar surface area (TPSA) is 119 Å². The normalized spacial score (nSPS) is 16.6. The maximum atomic E-state index is 13.5. The third-order valence-electron chi connectivity index (χ3n) is 6.17. The van der Waals surface area contributed by atoms with Crippen LogP contribution in [0.5, 0.6) is 11.5 Å². The van der Waals surface area contributed by atoms with E-state index in [0.717, 1.165) is 17.7 Å². The van der Waals surface area contributed by atoms with Gasteiger partial charge in [-0.1, -0.05) is 18.2 Å². The van der Waals surface area contributed by atoms with Crippen molar-refractivity contribution in [1.82, 2.24) is 4.90 Å². The second-order valence-electron chi connectivity index (χ2n) is 8.25. The highest BCUT2D eigenvalue weighted by atomic mass is 19.1. The number of para-hydroxylation sites is 1. The van der Waals surface area contributed by atoms with Crippen LogP contribution in [0.3, 0.4) is 0 Å². The molecule has 9 nitrogen and oxygen atoms in total. The molecule has 0 saturated carbocycles. The van der Waals surface area contributed by atoms with Gasteiger partial charge in [0.25, 0.3) is 17.4 Å². The third kappa shape index (κ3) is 4.86. The fourth-order valence-electron chi connectivity index (χ4n) is 4.37. The summed E-state index contributed by atoms with van der Waals surface area (Å²) in [6, 6.07) is 14.4. The summed E-state index contributed by atoms with van der Waals surface area (Å²) >= 11 is 0. The second-order valence-corrected chi connectivity index (χ2v) is 8.25. The van der Waals surface area contributed by atoms with E-state index in [2.05, 4.69) is 0 Å². The Bertz CT molecular complexity index is 1400. The van der Waals surface area contributed by atoms with E-state index in [1.807, 2.05) is 0 Å². The Hall–Kier alpha value is -4.73. The molecule has 3 aromatic rings. The highest BCUT2D eigenvalue weighted by molar-refractivity contribution is 6.46. The Labute approximate surface area is 211 Å². The number of nitrogens with zero attached hydrogens (tertiary/aromatic N) is 2. The number of carbonyl (C=O) groups excluding carboxylic acids is 2. The van der Waals surface area contributed by atoms with Crippen molar-refractivity contribution in [3.05, 3.63) is 105 Å². The molecule has 0 aliphatic carbocycles. The van der Waals surface area contributed by atoms with Crippen molar-refractivity contribution in [1.29, 1.82) is 0 Å². The summed E-state index contributed by atoms with van der Waals surface area (Å²) in [6.07, 6.45) is 0.279. The van der Waals surface area contributed by atoms with Gasteiger partial charge in [-0.2, -0.15) is 0 Å². The van der Waals surface area contributed by atoms with Gasteiger partial charge in [-0.05, 0) is 54.4 Å². The van der Waals surface area contributed by atoms with Crippen LogP contribution in [-0.2, 0) is 16.0 Å². The minimum absolute atomic E-state index is 0.0109. The molecule has 4 rings (SSSR count). The summed E-state index contributed by atoms with van der Waals surface area (Å²) in [7, 11) is 3.00. The summed E-state index contributed by atoms with van der Waals surface area (Å²) < 4.78 is 24.0. The number of hydrogen-bond donors (Lipinski definition) is 1. The minimum atomic E-state index is -1.23. The molecule has 0 aromatic heterocycles. The van der Waals surface area contributed by atoms with E-state index in [1.165, 1.54) is 49.5 Å². The monoisotopic (exact) mass is 506 g/mol. The van der Waals surface area contributed by atoms with Gasteiger partial charge in [-0.25, -0.2) is 4.39 Å². The molecule has 190 valence electrons. The van der Waals surface area contributed by atoms with Crippen molar-refractivity contribution in [2.75, 3.05) is 20.8 Å². The fourth-order valence-corrected chi connectivity index (χ4v) is 4.37. The molecule has 3 aromatic carbocycles. The van der Waals surface area contributed by atoms with E-state index < -0.39 is 34.2 Å². The first-order valence-electron chi connectivity index (χ1n) is 11.3. The molecule has 1 aliphatic rings. The van der Waals surface area contributed by atoms with E-state index in [9.17, 15) is 29.2 Å². The number of ketones is 1. The number of likely N-dealkylation sites (tertiary alicyclic amines) is 1. The van der Waals surface area contributed by atoms with Crippen molar-refractivity contribution in [3.8, 4) is 11.5 Å². The number of nitro groups is 1. The zero-order chi connectivity index (χ0) is 26.7. The molecule has 1 aliphatic heterocycles. The fraction of sp³-hybridized carbons (Fsp3) is 0.185. The quantitative estimate of drug-likeness (QED) is 0.158. The van der Waals surface area contributed by atoms with Crippen LogP contribution in [0.25, 0.3) is 5.76 Å². The smallest absolute Gasteiger partial charge is 0.295 e. The Morgan fingerprint density at radius 2 is 1.70 bits per heavy atom. The molecule has 1 amide bonds. The zero-order valence-electron chi connectivity index (χ0n) is 20.0. The van der Waals surface area contributed by atoms with Crippen LogP contribution >= 0.6 is 0 Å². The Balaban J connectivity index is 1.80. The molecule has 1 N–H and O–H groups in total. The van der Waals surface area contributed by atoms with Crippen LogP contribution in [0.4, 0.5) is 10.1 Å². The number of aliphatic hydroxyl groups is 1. The van der Waals surface area contributed by atoms with E-state index in [-0.39, 0.29) is 35.4 Å². The first-order valence-corrected chi connectivity index (χ1v) is 11.3. The van der Waals surface area contributed by atoms with Crippen molar-refractivity contribution in [3.63, 3.8) is 0 Å². The number of nitro benzene ring substituents is 1. The van der Waals surface area contributed by atoms with Crippen molar-refractivity contribution in [2.24, 2.45) is 0 Å². The van der Waals surface area contributed by atoms with Crippen molar-refractivity contribution in [2.45, 2.75) is 12.5 Å². The molecule has 1 atom stereocenters. The van der Waals surface area contributed by atoms with Gasteiger partial charge < -0.3 is 19.5 Å². The molecule has 1 fully saturated rings. The average molecular weight is 506 g/mol. The maximum absolute atomic E-state index is 13.5. The second kappa shape index (κ2) is 10.5. The number of hydrogen-bond acceptors (Lipinski definition) is 7. The van der Waals surface area contributed by atoms with Crippen LogP contribution in [0.1, 0.15) is 22.7 Å². The Kier molecular flexibility index (Phi) is 7.19. The lowest BCUT2D eigenvalue weighted by Crippen LogP contribution is -2.32. The largest absolute Gasteiger partial charge is 0.507 e. The zero-order valence-corrected chi connectivity index (χ0v) is 20.0. The Morgan fingerprint density at radius 1 is 1.03 bits per heavy atom. The van der Waals surface area contributed by atoms with Crippen LogP contribution in [0, 0.1) is 15.9 Å². The van der Waals surface area contributed by atoms with Gasteiger partial charge in [0, 0.05) is 18.2 Å². The van der Waals surface area contributed by atoms with Gasteiger partial charge in [-0.3, -0.25) is 19.7 Å². The van der Waals surface area contributed by atoms with Gasteiger partial charge >= 0.3 is 0 Å². The summed E-state index contributed by atoms with van der Waals surface area (Å²) in [4.78, 5) is 38.7. The average Bonchev–Trinajstić information content (AvgIpc) is 3.16. The van der Waals surface area contributed by atoms with Crippen molar-refractivity contribution >= 4 is 23.1 Å². The number of ether oxygens (including phenoxy) is 2. The molecule has 0 bridgehead atoms. The molecule has 1 saturated heterocycles. The van der Waals surface area contributed by atoms with Gasteiger partial charge in [0.1, 0.15) is 11.6 Å². The Morgan fingerprint density at radius 3 is 2.35 bits per heavy atom. The number of aliphatic hydroxyl groups excluding tert-OH is 1. The van der Waals surface area contributed by atoms with Crippen molar-refractivity contribution < 1.29 is 33.5 Å². The third-order valence-corrected chi connectivity index (χ3v) is 6.17. The minimum Gasteiger partial charge on any atom is -0.507 e. The summed E-state index contributed by atoms with van der Waals surface area (Å²) in [5.41, 5.74) is 0.318. The molecule has 10 heteroatoms. The highest BCUT2D eigenvalue weighted by Crippen LogP contribution is 2.42. The predicted octanol–water partition coefficient (Wildman–Crippen LogP) is 4.42. The standard InChI is InChI=1S/C27H23FN2O7/c1-36-21-12-7-16(15-22(21)37-2)13-14-29-24(19-5-3-4-6-20(19)30(34)35)23(26(32)27(29)33)25(31)17-8-10-18(28)11-9-17/h3-12,15,24,31H,13-14H2,1-2H3/t24-/m1/s1. The molecular weight excluding hydrogens is 483 g/mol. The van der Waals surface area contributed by atoms with E-state index in [0.29, 0.717) is 11.5 Å². The number of amides is 1. The lowest BCUT2D eigenvalue weighted by Gasteiger charge is -2.25. The van der Waals surface area contributed by atoms with Gasteiger partial charge in [-0.15, -0.1) is 0 Å². The van der Waals surface area contributed by atoms with Crippen LogP contribution in [0.15, 0.2) is 72.3 Å². The number of Topliss-reactive ketones (excluding diaryl/α,β-unsaturated/α-hetero) is 1. The highest BCUT2D eigenvalue weighted by Gasteiger charge is 2.47. The number of rotatable bonds is 8. The number of methoxy groups -OCH3 is 2. The van der Waals surface area contributed by atoms with Crippen LogP contribution < -0.4 is 9.47 Å². The SMILES string of the molecule is COc1ccc(CCN2C(=O)C(=O)C(=C(O)c3ccc(F)cc3)[C@H]2c2ccccc2[N+](=O)[O-])cc1OC. The van der Waals surface area contributed by atoms with Gasteiger partial charge in [0.05, 0.1) is 36.3 Å². The lowest BCUT2D eigenvalue weighted by molar-refractivity contribution is -0.385. The molecule has 1 heterocycles. The summed E-state index contributed by atoms with van der Waals surface area (Å²) in [5, 5.41) is 22.9. The first-order chi connectivity index (χ1) is 17.8. The summed E-state index contributed by atoms with van der Waals surface area (Å²) in [6.45, 7) is 0.0109. The van der Waals surface area contributed by atoms with Crippen LogP contribution in [-0.4, -0.2) is 47.4 Å². The van der Waals surface area contributed by atoms with Gasteiger partial charge in [0.2, 0.25) is 0 Å². The summed E-state index contributed by atoms with van der Waals surface area (Å²) in [5.74, 6) is -2.00. The number of halogens is 1.